The van der Waals surface area contributed by atoms with Crippen LogP contribution in [0.5, 0.6) is 0 Å². The Morgan fingerprint density at radius 3 is 2.00 bits per heavy atom. The molecule has 0 bridgehead atoms. The SMILES string of the molecule is CC(C)(C)CCNCc1ccc([Si](C)(C)C)cc1. The standard InChI is InChI=1S/C16H29NSi/c1-16(2,3)11-12-17-13-14-7-9-15(10-8-14)18(4,5)6/h7-10,17H,11-13H2,1-6H3. The first-order valence-electron chi connectivity index (χ1n) is 6.99. The average molecular weight is 264 g/mol. The molecule has 1 aromatic carbocycles. The average Bonchev–Trinajstić information content (AvgIpc) is 2.22. The fourth-order valence-corrected chi connectivity index (χ4v) is 2.99. The summed E-state index contributed by atoms with van der Waals surface area (Å²) >= 11 is 0. The fraction of sp³-hybridized carbons (Fsp3) is 0.625. The maximum atomic E-state index is 3.53. The number of hydrogen-bond acceptors (Lipinski definition) is 1. The highest BCUT2D eigenvalue weighted by Gasteiger charge is 2.15. The molecule has 1 N–H and O–H groups in total. The summed E-state index contributed by atoms with van der Waals surface area (Å²) in [6, 6.07) is 9.18. The lowest BCUT2D eigenvalue weighted by atomic mass is 9.92. The molecule has 0 amide bonds. The molecule has 0 aliphatic carbocycles. The Morgan fingerprint density at radius 2 is 1.56 bits per heavy atom. The third kappa shape index (κ3) is 5.83. The molecule has 0 atom stereocenters. The molecule has 0 fully saturated rings. The van der Waals surface area contributed by atoms with Crippen LogP contribution in [0.4, 0.5) is 0 Å². The molecule has 0 aromatic heterocycles. The van der Waals surface area contributed by atoms with Crippen molar-refractivity contribution in [3.8, 4) is 0 Å². The largest absolute Gasteiger partial charge is 0.313 e. The van der Waals surface area contributed by atoms with Gasteiger partial charge in [0, 0.05) is 6.54 Å². The highest BCUT2D eigenvalue weighted by atomic mass is 28.3. The molecule has 0 radical (unpaired) electrons. The van der Waals surface area contributed by atoms with E-state index in [4.69, 9.17) is 0 Å². The predicted molar refractivity (Wildman–Crippen MR) is 85.2 cm³/mol. The lowest BCUT2D eigenvalue weighted by Gasteiger charge is -2.19. The summed E-state index contributed by atoms with van der Waals surface area (Å²) in [4.78, 5) is 0. The first kappa shape index (κ1) is 15.5. The van der Waals surface area contributed by atoms with Crippen LogP contribution in [0.2, 0.25) is 19.6 Å². The number of hydrogen-bond donors (Lipinski definition) is 1. The summed E-state index contributed by atoms with van der Waals surface area (Å²) in [7, 11) is -1.14. The summed E-state index contributed by atoms with van der Waals surface area (Å²) < 4.78 is 0. The Morgan fingerprint density at radius 1 is 1.00 bits per heavy atom. The molecule has 0 saturated heterocycles. The third-order valence-corrected chi connectivity index (χ3v) is 5.27. The Bertz CT molecular complexity index is 354. The first-order valence-corrected chi connectivity index (χ1v) is 10.5. The van der Waals surface area contributed by atoms with Gasteiger partial charge in [-0.25, -0.2) is 0 Å². The molecule has 0 aliphatic rings. The molecule has 102 valence electrons. The maximum absolute atomic E-state index is 3.53. The van der Waals surface area contributed by atoms with Crippen molar-refractivity contribution in [2.24, 2.45) is 5.41 Å². The van der Waals surface area contributed by atoms with Gasteiger partial charge in [-0.2, -0.15) is 0 Å². The second-order valence-electron chi connectivity index (χ2n) is 7.43. The van der Waals surface area contributed by atoms with E-state index in [1.165, 1.54) is 12.0 Å². The Hall–Kier alpha value is -0.603. The van der Waals surface area contributed by atoms with E-state index in [0.29, 0.717) is 5.41 Å². The highest BCUT2D eigenvalue weighted by Crippen LogP contribution is 2.17. The summed E-state index contributed by atoms with van der Waals surface area (Å²) in [6.07, 6.45) is 1.22. The topological polar surface area (TPSA) is 12.0 Å². The van der Waals surface area contributed by atoms with Gasteiger partial charge in [-0.05, 0) is 23.9 Å². The summed E-state index contributed by atoms with van der Waals surface area (Å²) in [5.41, 5.74) is 1.82. The van der Waals surface area contributed by atoms with Gasteiger partial charge in [0.2, 0.25) is 0 Å². The van der Waals surface area contributed by atoms with Gasteiger partial charge in [-0.15, -0.1) is 0 Å². The van der Waals surface area contributed by atoms with E-state index in [1.54, 1.807) is 5.19 Å². The molecule has 0 saturated carbocycles. The van der Waals surface area contributed by atoms with E-state index in [0.717, 1.165) is 13.1 Å². The van der Waals surface area contributed by atoms with Gasteiger partial charge < -0.3 is 5.32 Å². The molecule has 1 aromatic rings. The van der Waals surface area contributed by atoms with Crippen molar-refractivity contribution in [1.29, 1.82) is 0 Å². The fourth-order valence-electron chi connectivity index (χ4n) is 1.82. The van der Waals surface area contributed by atoms with Crippen molar-refractivity contribution in [3.63, 3.8) is 0 Å². The molecule has 0 heterocycles. The van der Waals surface area contributed by atoms with E-state index in [2.05, 4.69) is 70.0 Å². The second-order valence-corrected chi connectivity index (χ2v) is 12.5. The zero-order valence-corrected chi connectivity index (χ0v) is 13.9. The van der Waals surface area contributed by atoms with Gasteiger partial charge in [0.1, 0.15) is 0 Å². The highest BCUT2D eigenvalue weighted by molar-refractivity contribution is 6.88. The van der Waals surface area contributed by atoms with Crippen molar-refractivity contribution in [3.05, 3.63) is 29.8 Å². The molecule has 0 unspecified atom stereocenters. The van der Waals surface area contributed by atoms with E-state index in [9.17, 15) is 0 Å². The Balaban J connectivity index is 2.41. The third-order valence-electron chi connectivity index (χ3n) is 3.20. The van der Waals surface area contributed by atoms with Gasteiger partial charge in [0.25, 0.3) is 0 Å². The summed E-state index contributed by atoms with van der Waals surface area (Å²) in [5, 5.41) is 5.07. The smallest absolute Gasteiger partial charge is 0.0775 e. The number of nitrogens with one attached hydrogen (secondary N) is 1. The predicted octanol–water partition coefficient (Wildman–Crippen LogP) is 3.76. The van der Waals surface area contributed by atoms with Gasteiger partial charge in [-0.1, -0.05) is 69.9 Å². The zero-order chi connectivity index (χ0) is 13.8. The first-order chi connectivity index (χ1) is 8.18. The normalized spacial score (nSPS) is 12.8. The van der Waals surface area contributed by atoms with E-state index in [1.807, 2.05) is 0 Å². The van der Waals surface area contributed by atoms with Gasteiger partial charge in [0.05, 0.1) is 8.07 Å². The molecule has 0 aliphatic heterocycles. The minimum Gasteiger partial charge on any atom is -0.313 e. The van der Waals surface area contributed by atoms with Gasteiger partial charge in [-0.3, -0.25) is 0 Å². The monoisotopic (exact) mass is 263 g/mol. The van der Waals surface area contributed by atoms with Crippen LogP contribution < -0.4 is 10.5 Å². The van der Waals surface area contributed by atoms with Crippen LogP contribution >= 0.6 is 0 Å². The molecule has 0 spiro atoms. The van der Waals surface area contributed by atoms with E-state index < -0.39 is 8.07 Å². The van der Waals surface area contributed by atoms with Crippen molar-refractivity contribution in [1.82, 2.24) is 5.32 Å². The minimum atomic E-state index is -1.14. The zero-order valence-electron chi connectivity index (χ0n) is 12.9. The molecule has 1 rings (SSSR count). The van der Waals surface area contributed by atoms with Crippen LogP contribution in [0, 0.1) is 5.41 Å². The second kappa shape index (κ2) is 6.03. The van der Waals surface area contributed by atoms with Crippen LogP contribution in [0.1, 0.15) is 32.8 Å². The lowest BCUT2D eigenvalue weighted by Crippen LogP contribution is -2.37. The maximum Gasteiger partial charge on any atom is 0.0775 e. The van der Waals surface area contributed by atoms with Crippen molar-refractivity contribution in [2.45, 2.75) is 53.4 Å². The van der Waals surface area contributed by atoms with Crippen LogP contribution in [0.15, 0.2) is 24.3 Å². The molecule has 1 nitrogen and oxygen atoms in total. The molecule has 2 heteroatoms. The Kier molecular flexibility index (Phi) is 5.17. The van der Waals surface area contributed by atoms with E-state index in [-0.39, 0.29) is 0 Å². The van der Waals surface area contributed by atoms with Crippen molar-refractivity contribution in [2.75, 3.05) is 6.54 Å². The van der Waals surface area contributed by atoms with Gasteiger partial charge in [0.15, 0.2) is 0 Å². The molecule has 18 heavy (non-hydrogen) atoms. The molecular formula is C16H29NSi. The lowest BCUT2D eigenvalue weighted by molar-refractivity contribution is 0.366. The number of benzene rings is 1. The number of rotatable bonds is 5. The quantitative estimate of drug-likeness (QED) is 0.630. The van der Waals surface area contributed by atoms with Crippen LogP contribution in [-0.4, -0.2) is 14.6 Å². The Labute approximate surface area is 114 Å². The molecular weight excluding hydrogens is 234 g/mol. The van der Waals surface area contributed by atoms with E-state index >= 15 is 0 Å². The van der Waals surface area contributed by atoms with Crippen LogP contribution in [0.25, 0.3) is 0 Å². The minimum absolute atomic E-state index is 0.425. The van der Waals surface area contributed by atoms with Gasteiger partial charge >= 0.3 is 0 Å². The van der Waals surface area contributed by atoms with Crippen LogP contribution in [-0.2, 0) is 6.54 Å². The van der Waals surface area contributed by atoms with Crippen LogP contribution in [0.3, 0.4) is 0 Å². The van der Waals surface area contributed by atoms with Crippen molar-refractivity contribution < 1.29 is 0 Å². The summed E-state index contributed by atoms with van der Waals surface area (Å²) in [6.45, 7) is 16.1. The van der Waals surface area contributed by atoms with Crippen molar-refractivity contribution >= 4 is 13.3 Å². The summed E-state index contributed by atoms with van der Waals surface area (Å²) in [5.74, 6) is 0.